The molecule has 5 nitrogen and oxygen atoms in total. The lowest BCUT2D eigenvalue weighted by Crippen LogP contribution is -2.41. The van der Waals surface area contributed by atoms with Crippen molar-refractivity contribution in [2.24, 2.45) is 0 Å². The van der Waals surface area contributed by atoms with Crippen LogP contribution in [-0.2, 0) is 11.2 Å². The number of nitrogens with zero attached hydrogens (tertiary/aromatic N) is 2. The summed E-state index contributed by atoms with van der Waals surface area (Å²) in [6, 6.07) is 2.49. The predicted molar refractivity (Wildman–Crippen MR) is 86.9 cm³/mol. The molecule has 0 saturated heterocycles. The summed E-state index contributed by atoms with van der Waals surface area (Å²) in [5.74, 6) is 2.78. The molecule has 0 aliphatic heterocycles. The molecule has 1 aromatic heterocycles. The summed E-state index contributed by atoms with van der Waals surface area (Å²) in [5.41, 5.74) is 0. The van der Waals surface area contributed by atoms with Crippen molar-refractivity contribution >= 4 is 11.6 Å². The average molecular weight is 292 g/mol. The molecule has 2 N–H and O–H groups in total. The number of ether oxygens (including phenoxy) is 1. The van der Waals surface area contributed by atoms with Crippen LogP contribution in [0, 0.1) is 0 Å². The molecule has 0 amide bonds. The lowest BCUT2D eigenvalue weighted by molar-refractivity contribution is 0.00292. The minimum atomic E-state index is 0.419. The molecule has 0 radical (unpaired) electrons. The Hall–Kier alpha value is -1.36. The maximum atomic E-state index is 5.60. The zero-order valence-electron chi connectivity index (χ0n) is 13.5. The molecule has 0 aromatic carbocycles. The molecule has 1 aliphatic rings. The van der Waals surface area contributed by atoms with E-state index >= 15 is 0 Å². The van der Waals surface area contributed by atoms with Gasteiger partial charge in [0.25, 0.3) is 0 Å². The van der Waals surface area contributed by atoms with Crippen LogP contribution in [0.1, 0.15) is 52.3 Å². The second-order valence-corrected chi connectivity index (χ2v) is 5.62. The van der Waals surface area contributed by atoms with Gasteiger partial charge in [-0.1, -0.05) is 13.8 Å². The largest absolute Gasteiger partial charge is 0.378 e. The van der Waals surface area contributed by atoms with Gasteiger partial charge < -0.3 is 15.4 Å². The maximum Gasteiger partial charge on any atom is 0.133 e. The molecule has 1 fully saturated rings. The lowest BCUT2D eigenvalue weighted by atomic mass is 9.89. The van der Waals surface area contributed by atoms with Crippen molar-refractivity contribution < 1.29 is 4.74 Å². The van der Waals surface area contributed by atoms with Crippen molar-refractivity contribution in [1.82, 2.24) is 9.97 Å². The fourth-order valence-electron chi connectivity index (χ4n) is 2.51. The Labute approximate surface area is 127 Å². The minimum absolute atomic E-state index is 0.419. The van der Waals surface area contributed by atoms with Crippen LogP contribution in [0.3, 0.4) is 0 Å². The van der Waals surface area contributed by atoms with Gasteiger partial charge in [-0.3, -0.25) is 0 Å². The Morgan fingerprint density at radius 1 is 1.14 bits per heavy atom. The molecule has 1 saturated carbocycles. The van der Waals surface area contributed by atoms with E-state index in [2.05, 4.69) is 34.4 Å². The van der Waals surface area contributed by atoms with E-state index in [0.717, 1.165) is 62.7 Å². The van der Waals surface area contributed by atoms with E-state index in [4.69, 9.17) is 4.74 Å². The number of anilines is 2. The first kappa shape index (κ1) is 16.0. The van der Waals surface area contributed by atoms with Gasteiger partial charge in [0.05, 0.1) is 6.10 Å². The first-order valence-electron chi connectivity index (χ1n) is 8.25. The highest BCUT2D eigenvalue weighted by atomic mass is 16.5. The van der Waals surface area contributed by atoms with E-state index < -0.39 is 0 Å². The predicted octanol–water partition coefficient (Wildman–Crippen LogP) is 3.23. The van der Waals surface area contributed by atoms with Crippen LogP contribution in [-0.4, -0.2) is 35.3 Å². The Morgan fingerprint density at radius 3 is 2.57 bits per heavy atom. The van der Waals surface area contributed by atoms with Gasteiger partial charge in [0.2, 0.25) is 0 Å². The van der Waals surface area contributed by atoms with Crippen LogP contribution < -0.4 is 10.6 Å². The third-order valence-electron chi connectivity index (χ3n) is 3.65. The zero-order chi connectivity index (χ0) is 15.1. The van der Waals surface area contributed by atoms with Crippen molar-refractivity contribution in [3.63, 3.8) is 0 Å². The Bertz CT molecular complexity index is 432. The standard InChI is InChI=1S/C16H28N4O/c1-4-7-14-19-15(17-8-5-2)11-16(20-14)18-12-9-13(10-12)21-6-3/h11-13H,4-10H2,1-3H3,(H2,17,18,19,20). The van der Waals surface area contributed by atoms with Gasteiger partial charge in [-0.15, -0.1) is 0 Å². The molecule has 118 valence electrons. The highest BCUT2D eigenvalue weighted by Gasteiger charge is 2.29. The SMILES string of the molecule is CCCNc1cc(NC2CC(OCC)C2)nc(CCC)n1. The average Bonchev–Trinajstić information content (AvgIpc) is 2.43. The molecule has 5 heteroatoms. The second kappa shape index (κ2) is 8.17. The Kier molecular flexibility index (Phi) is 6.23. The fourth-order valence-corrected chi connectivity index (χ4v) is 2.51. The van der Waals surface area contributed by atoms with Crippen molar-refractivity contribution in [3.8, 4) is 0 Å². The highest BCUT2D eigenvalue weighted by molar-refractivity contribution is 5.48. The minimum Gasteiger partial charge on any atom is -0.378 e. The van der Waals surface area contributed by atoms with Gasteiger partial charge in [-0.2, -0.15) is 0 Å². The molecule has 0 atom stereocenters. The second-order valence-electron chi connectivity index (χ2n) is 5.62. The summed E-state index contributed by atoms with van der Waals surface area (Å²) in [4.78, 5) is 9.19. The van der Waals surface area contributed by atoms with Gasteiger partial charge in [0.1, 0.15) is 17.5 Å². The van der Waals surface area contributed by atoms with Crippen molar-refractivity contribution in [3.05, 3.63) is 11.9 Å². The van der Waals surface area contributed by atoms with Gasteiger partial charge in [0.15, 0.2) is 0 Å². The maximum absolute atomic E-state index is 5.60. The van der Waals surface area contributed by atoms with Gasteiger partial charge >= 0.3 is 0 Å². The number of hydrogen-bond acceptors (Lipinski definition) is 5. The highest BCUT2D eigenvalue weighted by Crippen LogP contribution is 2.26. The first-order chi connectivity index (χ1) is 10.2. The Morgan fingerprint density at radius 2 is 1.90 bits per heavy atom. The van der Waals surface area contributed by atoms with Gasteiger partial charge in [0, 0.05) is 31.7 Å². The fraction of sp³-hybridized carbons (Fsp3) is 0.750. The number of rotatable bonds is 9. The van der Waals surface area contributed by atoms with Crippen LogP contribution in [0.2, 0.25) is 0 Å². The summed E-state index contributed by atoms with van der Waals surface area (Å²) >= 11 is 0. The third kappa shape index (κ3) is 4.84. The quantitative estimate of drug-likeness (QED) is 0.732. The molecule has 1 heterocycles. The van der Waals surface area contributed by atoms with Gasteiger partial charge in [-0.25, -0.2) is 9.97 Å². The Balaban J connectivity index is 1.95. The van der Waals surface area contributed by atoms with E-state index in [1.165, 1.54) is 0 Å². The number of aryl methyl sites for hydroxylation is 1. The van der Waals surface area contributed by atoms with Crippen LogP contribution in [0.15, 0.2) is 6.07 Å². The summed E-state index contributed by atoms with van der Waals surface area (Å²) < 4.78 is 5.60. The van der Waals surface area contributed by atoms with Crippen LogP contribution >= 0.6 is 0 Å². The zero-order valence-corrected chi connectivity index (χ0v) is 13.5. The van der Waals surface area contributed by atoms with E-state index in [0.29, 0.717) is 12.1 Å². The summed E-state index contributed by atoms with van der Waals surface area (Å²) in [6.45, 7) is 8.10. The molecule has 0 spiro atoms. The number of nitrogens with one attached hydrogen (secondary N) is 2. The molecule has 0 unspecified atom stereocenters. The van der Waals surface area contributed by atoms with E-state index in [9.17, 15) is 0 Å². The lowest BCUT2D eigenvalue weighted by Gasteiger charge is -2.35. The normalized spacial score (nSPS) is 20.9. The monoisotopic (exact) mass is 292 g/mol. The first-order valence-corrected chi connectivity index (χ1v) is 8.25. The smallest absolute Gasteiger partial charge is 0.133 e. The van der Waals surface area contributed by atoms with Gasteiger partial charge in [-0.05, 0) is 32.6 Å². The van der Waals surface area contributed by atoms with Crippen molar-refractivity contribution in [2.75, 3.05) is 23.8 Å². The molecule has 2 rings (SSSR count). The topological polar surface area (TPSA) is 59.1 Å². The van der Waals surface area contributed by atoms with E-state index in [1.807, 2.05) is 13.0 Å². The van der Waals surface area contributed by atoms with E-state index in [-0.39, 0.29) is 0 Å². The van der Waals surface area contributed by atoms with Crippen LogP contribution in [0.5, 0.6) is 0 Å². The summed E-state index contributed by atoms with van der Waals surface area (Å²) in [7, 11) is 0. The van der Waals surface area contributed by atoms with Crippen molar-refractivity contribution in [2.45, 2.75) is 65.0 Å². The molecule has 1 aliphatic carbocycles. The summed E-state index contributed by atoms with van der Waals surface area (Å²) in [6.07, 6.45) is 5.63. The molecular weight excluding hydrogens is 264 g/mol. The molecule has 21 heavy (non-hydrogen) atoms. The van der Waals surface area contributed by atoms with Crippen LogP contribution in [0.4, 0.5) is 11.6 Å². The molecular formula is C16H28N4O. The number of aromatic nitrogens is 2. The van der Waals surface area contributed by atoms with E-state index in [1.54, 1.807) is 0 Å². The van der Waals surface area contributed by atoms with Crippen LogP contribution in [0.25, 0.3) is 0 Å². The summed E-state index contributed by atoms with van der Waals surface area (Å²) in [5, 5.41) is 6.87. The molecule has 0 bridgehead atoms. The number of hydrogen-bond donors (Lipinski definition) is 2. The molecule has 1 aromatic rings. The van der Waals surface area contributed by atoms with Crippen molar-refractivity contribution in [1.29, 1.82) is 0 Å². The third-order valence-corrected chi connectivity index (χ3v) is 3.65.